The van der Waals surface area contributed by atoms with Crippen LogP contribution in [-0.2, 0) is 0 Å². The minimum Gasteiger partial charge on any atom is -0.392 e. The van der Waals surface area contributed by atoms with Crippen molar-refractivity contribution in [3.63, 3.8) is 0 Å². The van der Waals surface area contributed by atoms with E-state index < -0.39 is 0 Å². The summed E-state index contributed by atoms with van der Waals surface area (Å²) >= 11 is 0. The van der Waals surface area contributed by atoms with E-state index in [9.17, 15) is 0 Å². The van der Waals surface area contributed by atoms with Gasteiger partial charge in [-0.1, -0.05) is 25.5 Å². The summed E-state index contributed by atoms with van der Waals surface area (Å²) in [4.78, 5) is 0. The minimum atomic E-state index is 0.230. The van der Waals surface area contributed by atoms with Crippen molar-refractivity contribution in [3.05, 3.63) is 24.3 Å². The van der Waals surface area contributed by atoms with Crippen LogP contribution in [0.2, 0.25) is 0 Å². The Hall–Kier alpha value is -0.560. The standard InChI is InChI=1S/C12H22O/c1-3-5-7-8-10-12(11-13)9-6-4-2/h3,10,13H,1,4-9,11H2,2H3/b12-10+. The molecule has 0 aliphatic carbocycles. The van der Waals surface area contributed by atoms with Crippen molar-refractivity contribution in [1.29, 1.82) is 0 Å². The Morgan fingerprint density at radius 1 is 1.31 bits per heavy atom. The van der Waals surface area contributed by atoms with Gasteiger partial charge in [0.15, 0.2) is 0 Å². The molecule has 0 aromatic heterocycles. The molecular weight excluding hydrogens is 160 g/mol. The molecule has 0 aliphatic heterocycles. The van der Waals surface area contributed by atoms with E-state index in [1.165, 1.54) is 18.4 Å². The van der Waals surface area contributed by atoms with Crippen LogP contribution in [-0.4, -0.2) is 11.7 Å². The first-order valence-electron chi connectivity index (χ1n) is 5.24. The second kappa shape index (κ2) is 9.53. The molecule has 0 heterocycles. The van der Waals surface area contributed by atoms with Gasteiger partial charge in [-0.05, 0) is 37.7 Å². The SMILES string of the molecule is C=CCCC/C=C(/CO)CCCC. The van der Waals surface area contributed by atoms with Crippen LogP contribution >= 0.6 is 0 Å². The predicted octanol–water partition coefficient (Wildman–Crippen LogP) is 3.45. The molecule has 0 unspecified atom stereocenters. The Morgan fingerprint density at radius 3 is 2.62 bits per heavy atom. The third kappa shape index (κ3) is 7.79. The van der Waals surface area contributed by atoms with Crippen molar-refractivity contribution >= 4 is 0 Å². The summed E-state index contributed by atoms with van der Waals surface area (Å²) < 4.78 is 0. The maximum absolute atomic E-state index is 9.02. The summed E-state index contributed by atoms with van der Waals surface area (Å²) in [5, 5.41) is 9.02. The molecule has 0 spiro atoms. The van der Waals surface area contributed by atoms with E-state index in [2.05, 4.69) is 19.6 Å². The molecule has 1 heteroatoms. The van der Waals surface area contributed by atoms with Crippen LogP contribution in [0.3, 0.4) is 0 Å². The third-order valence-corrected chi connectivity index (χ3v) is 2.10. The zero-order valence-corrected chi connectivity index (χ0v) is 8.76. The minimum absolute atomic E-state index is 0.230. The fourth-order valence-corrected chi connectivity index (χ4v) is 1.22. The molecule has 0 bridgehead atoms. The number of hydrogen-bond donors (Lipinski definition) is 1. The van der Waals surface area contributed by atoms with Gasteiger partial charge in [0.2, 0.25) is 0 Å². The smallest absolute Gasteiger partial charge is 0.0641 e. The Morgan fingerprint density at radius 2 is 2.08 bits per heavy atom. The molecule has 0 aromatic carbocycles. The van der Waals surface area contributed by atoms with Gasteiger partial charge in [0.05, 0.1) is 6.61 Å². The largest absolute Gasteiger partial charge is 0.392 e. The van der Waals surface area contributed by atoms with Gasteiger partial charge in [-0.15, -0.1) is 6.58 Å². The lowest BCUT2D eigenvalue weighted by Gasteiger charge is -2.02. The van der Waals surface area contributed by atoms with E-state index in [-0.39, 0.29) is 6.61 Å². The summed E-state index contributed by atoms with van der Waals surface area (Å²) in [5.41, 5.74) is 1.20. The molecule has 0 atom stereocenters. The van der Waals surface area contributed by atoms with Gasteiger partial charge in [0.1, 0.15) is 0 Å². The van der Waals surface area contributed by atoms with E-state index >= 15 is 0 Å². The van der Waals surface area contributed by atoms with Gasteiger partial charge < -0.3 is 5.11 Å². The van der Waals surface area contributed by atoms with E-state index in [1.54, 1.807) is 0 Å². The lowest BCUT2D eigenvalue weighted by atomic mass is 10.1. The summed E-state index contributed by atoms with van der Waals surface area (Å²) in [5.74, 6) is 0. The molecule has 0 saturated carbocycles. The van der Waals surface area contributed by atoms with E-state index in [1.807, 2.05) is 6.08 Å². The molecule has 0 amide bonds. The first-order chi connectivity index (χ1) is 6.35. The molecule has 13 heavy (non-hydrogen) atoms. The van der Waals surface area contributed by atoms with Crippen molar-refractivity contribution in [2.45, 2.75) is 45.4 Å². The van der Waals surface area contributed by atoms with Crippen LogP contribution in [0, 0.1) is 0 Å². The second-order valence-corrected chi connectivity index (χ2v) is 3.34. The van der Waals surface area contributed by atoms with Gasteiger partial charge in [-0.2, -0.15) is 0 Å². The molecule has 76 valence electrons. The first-order valence-corrected chi connectivity index (χ1v) is 5.24. The van der Waals surface area contributed by atoms with Crippen molar-refractivity contribution in [2.75, 3.05) is 6.61 Å². The zero-order chi connectivity index (χ0) is 9.94. The molecule has 0 fully saturated rings. The van der Waals surface area contributed by atoms with Crippen molar-refractivity contribution in [1.82, 2.24) is 0 Å². The zero-order valence-electron chi connectivity index (χ0n) is 8.76. The highest BCUT2D eigenvalue weighted by molar-refractivity contribution is 5.01. The van der Waals surface area contributed by atoms with Gasteiger partial charge in [0, 0.05) is 0 Å². The van der Waals surface area contributed by atoms with Crippen LogP contribution in [0.15, 0.2) is 24.3 Å². The van der Waals surface area contributed by atoms with Crippen LogP contribution in [0.1, 0.15) is 45.4 Å². The van der Waals surface area contributed by atoms with E-state index in [0.717, 1.165) is 25.7 Å². The number of hydrogen-bond acceptors (Lipinski definition) is 1. The first kappa shape index (κ1) is 12.4. The molecule has 0 aliphatic rings. The maximum atomic E-state index is 9.02. The molecule has 1 N–H and O–H groups in total. The van der Waals surface area contributed by atoms with Crippen molar-refractivity contribution in [2.24, 2.45) is 0 Å². The molecule has 0 radical (unpaired) electrons. The number of aliphatic hydroxyl groups is 1. The maximum Gasteiger partial charge on any atom is 0.0641 e. The number of rotatable bonds is 8. The fourth-order valence-electron chi connectivity index (χ4n) is 1.22. The topological polar surface area (TPSA) is 20.2 Å². The monoisotopic (exact) mass is 182 g/mol. The van der Waals surface area contributed by atoms with Gasteiger partial charge in [-0.3, -0.25) is 0 Å². The summed E-state index contributed by atoms with van der Waals surface area (Å²) in [7, 11) is 0. The normalized spacial score (nSPS) is 11.7. The number of unbranched alkanes of at least 4 members (excludes halogenated alkanes) is 3. The highest BCUT2D eigenvalue weighted by Crippen LogP contribution is 2.09. The quantitative estimate of drug-likeness (QED) is 0.450. The van der Waals surface area contributed by atoms with Crippen LogP contribution in [0.5, 0.6) is 0 Å². The number of aliphatic hydroxyl groups excluding tert-OH is 1. The van der Waals surface area contributed by atoms with Crippen LogP contribution in [0.25, 0.3) is 0 Å². The number of allylic oxidation sites excluding steroid dienone is 2. The Labute approximate surface area is 82.2 Å². The highest BCUT2D eigenvalue weighted by Gasteiger charge is 1.93. The Balaban J connectivity index is 3.58. The predicted molar refractivity (Wildman–Crippen MR) is 58.7 cm³/mol. The fraction of sp³-hybridized carbons (Fsp3) is 0.667. The van der Waals surface area contributed by atoms with Gasteiger partial charge in [0.25, 0.3) is 0 Å². The Bertz CT molecular complexity index is 147. The molecule has 0 rings (SSSR count). The van der Waals surface area contributed by atoms with Crippen LogP contribution < -0.4 is 0 Å². The summed E-state index contributed by atoms with van der Waals surface area (Å²) in [6.45, 7) is 6.08. The lowest BCUT2D eigenvalue weighted by Crippen LogP contribution is -1.90. The summed E-state index contributed by atoms with van der Waals surface area (Å²) in [6.07, 6.45) is 10.9. The van der Waals surface area contributed by atoms with Gasteiger partial charge >= 0.3 is 0 Å². The van der Waals surface area contributed by atoms with Crippen LogP contribution in [0.4, 0.5) is 0 Å². The van der Waals surface area contributed by atoms with Crippen molar-refractivity contribution in [3.8, 4) is 0 Å². The molecule has 0 saturated heterocycles. The van der Waals surface area contributed by atoms with Crippen molar-refractivity contribution < 1.29 is 5.11 Å². The highest BCUT2D eigenvalue weighted by atomic mass is 16.3. The average Bonchev–Trinajstić information content (AvgIpc) is 2.17. The lowest BCUT2D eigenvalue weighted by molar-refractivity contribution is 0.325. The summed E-state index contributed by atoms with van der Waals surface area (Å²) in [6, 6.07) is 0. The third-order valence-electron chi connectivity index (χ3n) is 2.10. The second-order valence-electron chi connectivity index (χ2n) is 3.34. The van der Waals surface area contributed by atoms with E-state index in [4.69, 9.17) is 5.11 Å². The molecule has 0 aromatic rings. The average molecular weight is 182 g/mol. The molecular formula is C12H22O. The molecule has 1 nitrogen and oxygen atoms in total. The van der Waals surface area contributed by atoms with E-state index in [0.29, 0.717) is 0 Å². The van der Waals surface area contributed by atoms with Gasteiger partial charge in [-0.25, -0.2) is 0 Å². The Kier molecular flexibility index (Phi) is 9.12.